The summed E-state index contributed by atoms with van der Waals surface area (Å²) in [6, 6.07) is 0. The summed E-state index contributed by atoms with van der Waals surface area (Å²) < 4.78 is 25.7. The molecule has 2 rings (SSSR count). The lowest BCUT2D eigenvalue weighted by Gasteiger charge is -2.25. The van der Waals surface area contributed by atoms with Gasteiger partial charge >= 0.3 is 0 Å². The molecule has 0 saturated carbocycles. The van der Waals surface area contributed by atoms with Crippen LogP contribution in [0.2, 0.25) is 0 Å². The lowest BCUT2D eigenvalue weighted by Crippen LogP contribution is -2.42. The number of nitrogens with zero attached hydrogens (tertiary/aromatic N) is 1. The van der Waals surface area contributed by atoms with Gasteiger partial charge in [-0.25, -0.2) is 12.7 Å². The van der Waals surface area contributed by atoms with Crippen molar-refractivity contribution in [2.45, 2.75) is 25.7 Å². The molecule has 0 aromatic rings. The van der Waals surface area contributed by atoms with E-state index in [9.17, 15) is 13.2 Å². The van der Waals surface area contributed by atoms with E-state index >= 15 is 0 Å². The number of carbonyl (C=O) groups excluding carboxylic acids is 1. The van der Waals surface area contributed by atoms with Crippen LogP contribution < -0.4 is 5.32 Å². The maximum Gasteiger partial charge on any atom is 0.246 e. The Hall–Kier alpha value is -0.530. The lowest BCUT2D eigenvalue weighted by atomic mass is 9.99. The summed E-state index contributed by atoms with van der Waals surface area (Å²) in [6.07, 6.45) is 5.91. The van der Waals surface area contributed by atoms with E-state index in [1.807, 2.05) is 6.08 Å². The molecule has 5 nitrogen and oxygen atoms in total. The molecule has 0 aromatic carbocycles. The van der Waals surface area contributed by atoms with E-state index in [2.05, 4.69) is 5.32 Å². The minimum Gasteiger partial charge on any atom is -0.351 e. The second kappa shape index (κ2) is 7.47. The maximum atomic E-state index is 12.1. The van der Waals surface area contributed by atoms with E-state index in [0.29, 0.717) is 13.1 Å². The van der Waals surface area contributed by atoms with Crippen LogP contribution in [0.15, 0.2) is 11.6 Å². The highest BCUT2D eigenvalue weighted by atomic mass is 32.2. The van der Waals surface area contributed by atoms with Crippen LogP contribution >= 0.6 is 11.8 Å². The van der Waals surface area contributed by atoms with Crippen molar-refractivity contribution in [3.8, 4) is 0 Å². The molecule has 1 fully saturated rings. The standard InChI is InChI=1S/C13H22N2O3S2/c16-13(12-4-2-1-3-5-12)14-6-11-20(17,18)15-7-9-19-10-8-15/h4H,1-3,5-11H2,(H,14,16). The van der Waals surface area contributed by atoms with Crippen LogP contribution in [0.4, 0.5) is 0 Å². The molecule has 20 heavy (non-hydrogen) atoms. The van der Waals surface area contributed by atoms with Gasteiger partial charge in [0.15, 0.2) is 0 Å². The van der Waals surface area contributed by atoms with Crippen LogP contribution in [0.1, 0.15) is 25.7 Å². The first kappa shape index (κ1) is 15.9. The number of carbonyl (C=O) groups is 1. The summed E-state index contributed by atoms with van der Waals surface area (Å²) >= 11 is 1.78. The van der Waals surface area contributed by atoms with Crippen molar-refractivity contribution >= 4 is 27.7 Å². The summed E-state index contributed by atoms with van der Waals surface area (Å²) in [6.45, 7) is 1.38. The van der Waals surface area contributed by atoms with Gasteiger partial charge in [-0.2, -0.15) is 11.8 Å². The fraction of sp³-hybridized carbons (Fsp3) is 0.769. The first-order chi connectivity index (χ1) is 9.59. The van der Waals surface area contributed by atoms with E-state index in [0.717, 1.165) is 42.8 Å². The molecule has 1 saturated heterocycles. The smallest absolute Gasteiger partial charge is 0.246 e. The van der Waals surface area contributed by atoms with Crippen LogP contribution in [0.3, 0.4) is 0 Å². The Labute approximate surface area is 125 Å². The topological polar surface area (TPSA) is 66.5 Å². The van der Waals surface area contributed by atoms with Gasteiger partial charge in [0.25, 0.3) is 0 Å². The molecule has 1 N–H and O–H groups in total. The molecule has 1 heterocycles. The predicted octanol–water partition coefficient (Wildman–Crippen LogP) is 0.982. The molecule has 0 aromatic heterocycles. The normalized spacial score (nSPS) is 21.3. The molecule has 0 atom stereocenters. The van der Waals surface area contributed by atoms with Gasteiger partial charge in [-0.05, 0) is 25.7 Å². The van der Waals surface area contributed by atoms with E-state index in [1.165, 1.54) is 4.31 Å². The van der Waals surface area contributed by atoms with Gasteiger partial charge in [-0.1, -0.05) is 6.08 Å². The summed E-state index contributed by atoms with van der Waals surface area (Å²) in [5.41, 5.74) is 0.808. The van der Waals surface area contributed by atoms with E-state index < -0.39 is 10.0 Å². The Balaban J connectivity index is 1.76. The Morgan fingerprint density at radius 3 is 2.70 bits per heavy atom. The summed E-state index contributed by atoms with van der Waals surface area (Å²) in [5.74, 6) is 1.61. The molecule has 0 bridgehead atoms. The first-order valence-corrected chi connectivity index (χ1v) is 9.89. The van der Waals surface area contributed by atoms with E-state index in [4.69, 9.17) is 0 Å². The highest BCUT2D eigenvalue weighted by Gasteiger charge is 2.24. The third kappa shape index (κ3) is 4.49. The van der Waals surface area contributed by atoms with Gasteiger partial charge in [0.05, 0.1) is 5.75 Å². The Kier molecular flexibility index (Phi) is 5.92. The highest BCUT2D eigenvalue weighted by Crippen LogP contribution is 2.17. The van der Waals surface area contributed by atoms with Gasteiger partial charge in [0.1, 0.15) is 0 Å². The van der Waals surface area contributed by atoms with Crippen LogP contribution in [-0.4, -0.2) is 55.5 Å². The van der Waals surface area contributed by atoms with Crippen molar-refractivity contribution in [2.75, 3.05) is 36.9 Å². The number of nitrogens with one attached hydrogen (secondary N) is 1. The third-order valence-electron chi connectivity index (χ3n) is 3.59. The second-order valence-electron chi connectivity index (χ2n) is 5.06. The highest BCUT2D eigenvalue weighted by molar-refractivity contribution is 7.99. The summed E-state index contributed by atoms with van der Waals surface area (Å²) in [4.78, 5) is 11.9. The molecule has 0 unspecified atom stereocenters. The zero-order valence-corrected chi connectivity index (χ0v) is 13.3. The van der Waals surface area contributed by atoms with Crippen LogP contribution in [-0.2, 0) is 14.8 Å². The predicted molar refractivity (Wildman–Crippen MR) is 82.2 cm³/mol. The van der Waals surface area contributed by atoms with Crippen molar-refractivity contribution in [2.24, 2.45) is 0 Å². The molecular weight excluding hydrogens is 296 g/mol. The van der Waals surface area contributed by atoms with Crippen LogP contribution in [0.5, 0.6) is 0 Å². The molecule has 0 spiro atoms. The minimum atomic E-state index is -3.22. The molecule has 1 amide bonds. The van der Waals surface area contributed by atoms with E-state index in [-0.39, 0.29) is 18.2 Å². The number of hydrogen-bond acceptors (Lipinski definition) is 4. The average Bonchev–Trinajstić information content (AvgIpc) is 2.49. The fourth-order valence-corrected chi connectivity index (χ4v) is 4.90. The molecule has 1 aliphatic heterocycles. The molecule has 7 heteroatoms. The number of allylic oxidation sites excluding steroid dienone is 1. The van der Waals surface area contributed by atoms with Crippen molar-refractivity contribution in [1.29, 1.82) is 0 Å². The zero-order valence-electron chi connectivity index (χ0n) is 11.6. The number of sulfonamides is 1. The van der Waals surface area contributed by atoms with Gasteiger partial charge in [0.2, 0.25) is 15.9 Å². The maximum absolute atomic E-state index is 12.1. The van der Waals surface area contributed by atoms with Gasteiger partial charge < -0.3 is 5.32 Å². The second-order valence-corrected chi connectivity index (χ2v) is 8.37. The molecular formula is C13H22N2O3S2. The summed E-state index contributed by atoms with van der Waals surface area (Å²) in [5, 5.41) is 2.73. The monoisotopic (exact) mass is 318 g/mol. The van der Waals surface area contributed by atoms with Crippen molar-refractivity contribution < 1.29 is 13.2 Å². The average molecular weight is 318 g/mol. The van der Waals surface area contributed by atoms with Crippen molar-refractivity contribution in [3.05, 3.63) is 11.6 Å². The Morgan fingerprint density at radius 1 is 1.30 bits per heavy atom. The minimum absolute atomic E-state index is 0.00329. The van der Waals surface area contributed by atoms with Crippen LogP contribution in [0, 0.1) is 0 Å². The number of thioether (sulfide) groups is 1. The fourth-order valence-electron chi connectivity index (χ4n) is 2.41. The quantitative estimate of drug-likeness (QED) is 0.821. The Morgan fingerprint density at radius 2 is 2.05 bits per heavy atom. The first-order valence-electron chi connectivity index (χ1n) is 7.12. The van der Waals surface area contributed by atoms with Gasteiger partial charge in [-0.15, -0.1) is 0 Å². The molecule has 2 aliphatic rings. The Bertz CT molecular complexity index is 468. The molecule has 114 valence electrons. The van der Waals surface area contributed by atoms with Crippen LogP contribution in [0.25, 0.3) is 0 Å². The number of amides is 1. The molecule has 1 aliphatic carbocycles. The number of rotatable bonds is 5. The summed E-state index contributed by atoms with van der Waals surface area (Å²) in [7, 11) is -3.22. The van der Waals surface area contributed by atoms with Crippen molar-refractivity contribution in [3.63, 3.8) is 0 Å². The van der Waals surface area contributed by atoms with E-state index in [1.54, 1.807) is 11.8 Å². The number of hydrogen-bond donors (Lipinski definition) is 1. The lowest BCUT2D eigenvalue weighted by molar-refractivity contribution is -0.117. The largest absolute Gasteiger partial charge is 0.351 e. The third-order valence-corrected chi connectivity index (χ3v) is 6.41. The van der Waals surface area contributed by atoms with Gasteiger partial charge in [-0.3, -0.25) is 4.79 Å². The zero-order chi connectivity index (χ0) is 14.4. The SMILES string of the molecule is O=C(NCCS(=O)(=O)N1CCSCC1)C1=CCCCC1. The van der Waals surface area contributed by atoms with Crippen molar-refractivity contribution in [1.82, 2.24) is 9.62 Å². The van der Waals surface area contributed by atoms with Gasteiger partial charge in [0, 0.05) is 36.7 Å². The molecule has 0 radical (unpaired) electrons.